The Morgan fingerprint density at radius 2 is 2.29 bits per heavy atom. The highest BCUT2D eigenvalue weighted by atomic mass is 35.5. The first-order chi connectivity index (χ1) is 6.56. The zero-order valence-corrected chi connectivity index (χ0v) is 8.51. The molecule has 2 N–H and O–H groups in total. The van der Waals surface area contributed by atoms with Crippen molar-refractivity contribution in [2.75, 3.05) is 6.54 Å². The summed E-state index contributed by atoms with van der Waals surface area (Å²) in [6.07, 6.45) is 0. The molecule has 0 aliphatic heterocycles. The molecule has 0 amide bonds. The van der Waals surface area contributed by atoms with Crippen LogP contribution in [0.4, 0.5) is 4.39 Å². The van der Waals surface area contributed by atoms with Gasteiger partial charge in [-0.25, -0.2) is 4.39 Å². The van der Waals surface area contributed by atoms with E-state index in [1.165, 1.54) is 19.1 Å². The van der Waals surface area contributed by atoms with Gasteiger partial charge in [-0.2, -0.15) is 0 Å². The monoisotopic (exact) mass is 215 g/mol. The Hall–Kier alpha value is -0.930. The maximum Gasteiger partial charge on any atom is 0.142 e. The van der Waals surface area contributed by atoms with Gasteiger partial charge in [0, 0.05) is 6.54 Å². The number of benzene rings is 1. The maximum absolute atomic E-state index is 13.1. The molecular weight excluding hydrogens is 205 g/mol. The van der Waals surface area contributed by atoms with Crippen LogP contribution in [0.1, 0.15) is 18.4 Å². The van der Waals surface area contributed by atoms with Crippen LogP contribution in [0.15, 0.2) is 18.2 Å². The Morgan fingerprint density at radius 3 is 2.71 bits per heavy atom. The Labute approximate surface area is 86.9 Å². The first-order valence-corrected chi connectivity index (χ1v) is 4.59. The zero-order valence-electron chi connectivity index (χ0n) is 7.76. The molecule has 1 rings (SSSR count). The molecule has 0 radical (unpaired) electrons. The fourth-order valence-corrected chi connectivity index (χ4v) is 1.38. The minimum atomic E-state index is -0.524. The summed E-state index contributed by atoms with van der Waals surface area (Å²) < 4.78 is 13.1. The highest BCUT2D eigenvalue weighted by Gasteiger charge is 2.15. The number of rotatable bonds is 3. The first-order valence-electron chi connectivity index (χ1n) is 4.21. The van der Waals surface area contributed by atoms with E-state index in [1.54, 1.807) is 6.07 Å². The summed E-state index contributed by atoms with van der Waals surface area (Å²) in [7, 11) is 0. The molecule has 0 saturated carbocycles. The second kappa shape index (κ2) is 4.53. The Morgan fingerprint density at radius 1 is 1.64 bits per heavy atom. The fraction of sp³-hybridized carbons (Fsp3) is 0.300. The smallest absolute Gasteiger partial charge is 0.142 e. The predicted molar refractivity (Wildman–Crippen MR) is 53.9 cm³/mol. The van der Waals surface area contributed by atoms with Crippen molar-refractivity contribution in [1.82, 2.24) is 0 Å². The van der Waals surface area contributed by atoms with Crippen molar-refractivity contribution in [3.8, 4) is 0 Å². The third kappa shape index (κ3) is 2.30. The van der Waals surface area contributed by atoms with Gasteiger partial charge in [0.25, 0.3) is 0 Å². The van der Waals surface area contributed by atoms with E-state index in [9.17, 15) is 9.18 Å². The highest BCUT2D eigenvalue weighted by Crippen LogP contribution is 2.21. The fourth-order valence-electron chi connectivity index (χ4n) is 1.27. The Bertz CT molecular complexity index is 354. The largest absolute Gasteiger partial charge is 0.329 e. The summed E-state index contributed by atoms with van der Waals surface area (Å²) in [4.78, 5) is 11.1. The molecule has 1 aromatic rings. The molecule has 14 heavy (non-hydrogen) atoms. The van der Waals surface area contributed by atoms with Crippen LogP contribution in [0, 0.1) is 5.82 Å². The van der Waals surface area contributed by atoms with Gasteiger partial charge < -0.3 is 5.73 Å². The topological polar surface area (TPSA) is 43.1 Å². The molecule has 76 valence electrons. The van der Waals surface area contributed by atoms with Crippen molar-refractivity contribution in [2.45, 2.75) is 12.8 Å². The van der Waals surface area contributed by atoms with E-state index in [-0.39, 0.29) is 17.4 Å². The van der Waals surface area contributed by atoms with Crippen molar-refractivity contribution in [2.24, 2.45) is 5.73 Å². The van der Waals surface area contributed by atoms with Crippen LogP contribution in [0.5, 0.6) is 0 Å². The zero-order chi connectivity index (χ0) is 10.7. The average Bonchev–Trinajstić information content (AvgIpc) is 2.11. The van der Waals surface area contributed by atoms with Crippen LogP contribution in [0.2, 0.25) is 5.02 Å². The summed E-state index contributed by atoms with van der Waals surface area (Å²) in [5.41, 5.74) is 5.99. The van der Waals surface area contributed by atoms with E-state index in [0.717, 1.165) is 0 Å². The molecule has 1 atom stereocenters. The van der Waals surface area contributed by atoms with Gasteiger partial charge in [0.05, 0.1) is 10.9 Å². The molecule has 1 aromatic carbocycles. The molecule has 0 aromatic heterocycles. The van der Waals surface area contributed by atoms with Gasteiger partial charge in [-0.1, -0.05) is 17.7 Å². The van der Waals surface area contributed by atoms with E-state index in [2.05, 4.69) is 0 Å². The number of hydrogen-bond acceptors (Lipinski definition) is 2. The lowest BCUT2D eigenvalue weighted by atomic mass is 9.96. The van der Waals surface area contributed by atoms with Crippen LogP contribution >= 0.6 is 11.6 Å². The molecule has 0 aliphatic rings. The summed E-state index contributed by atoms with van der Waals surface area (Å²) in [6, 6.07) is 4.30. The van der Waals surface area contributed by atoms with Gasteiger partial charge >= 0.3 is 0 Å². The van der Waals surface area contributed by atoms with E-state index < -0.39 is 11.7 Å². The van der Waals surface area contributed by atoms with Gasteiger partial charge in [0.1, 0.15) is 11.6 Å². The van der Waals surface area contributed by atoms with Crippen LogP contribution in [0.25, 0.3) is 0 Å². The highest BCUT2D eigenvalue weighted by molar-refractivity contribution is 6.30. The lowest BCUT2D eigenvalue weighted by molar-refractivity contribution is -0.118. The van der Waals surface area contributed by atoms with Crippen LogP contribution in [-0.4, -0.2) is 12.3 Å². The molecule has 0 saturated heterocycles. The second-order valence-corrected chi connectivity index (χ2v) is 3.48. The van der Waals surface area contributed by atoms with Crippen molar-refractivity contribution < 1.29 is 9.18 Å². The quantitative estimate of drug-likeness (QED) is 0.839. The number of nitrogens with two attached hydrogens (primary N) is 1. The predicted octanol–water partition coefficient (Wildman–Crippen LogP) is 2.11. The minimum Gasteiger partial charge on any atom is -0.329 e. The molecule has 0 spiro atoms. The van der Waals surface area contributed by atoms with E-state index in [1.807, 2.05) is 0 Å². The van der Waals surface area contributed by atoms with Gasteiger partial charge in [-0.05, 0) is 24.6 Å². The normalized spacial score (nSPS) is 12.6. The third-order valence-corrected chi connectivity index (χ3v) is 2.38. The van der Waals surface area contributed by atoms with E-state index in [0.29, 0.717) is 5.56 Å². The van der Waals surface area contributed by atoms with E-state index >= 15 is 0 Å². The van der Waals surface area contributed by atoms with Crippen molar-refractivity contribution >= 4 is 17.4 Å². The molecule has 0 unspecified atom stereocenters. The number of ketones is 1. The summed E-state index contributed by atoms with van der Waals surface area (Å²) in [5.74, 6) is -1.04. The number of Topliss-reactive ketones (excluding diaryl/α,β-unsaturated/α-hetero) is 1. The summed E-state index contributed by atoms with van der Waals surface area (Å²) in [5, 5.41) is 0.0491. The Kier molecular flexibility index (Phi) is 3.61. The van der Waals surface area contributed by atoms with Gasteiger partial charge in [-0.15, -0.1) is 0 Å². The van der Waals surface area contributed by atoms with Crippen LogP contribution < -0.4 is 5.73 Å². The molecule has 0 bridgehead atoms. The summed E-state index contributed by atoms with van der Waals surface area (Å²) in [6.45, 7) is 1.61. The van der Waals surface area contributed by atoms with Crippen molar-refractivity contribution in [1.29, 1.82) is 0 Å². The molecule has 0 aliphatic carbocycles. The molecule has 0 fully saturated rings. The molecule has 2 nitrogen and oxygen atoms in total. The SMILES string of the molecule is CC(=O)[C@H](CN)c1ccc(Cl)c(F)c1. The van der Waals surface area contributed by atoms with Crippen molar-refractivity contribution in [3.05, 3.63) is 34.6 Å². The van der Waals surface area contributed by atoms with Gasteiger partial charge in [-0.3, -0.25) is 4.79 Å². The number of carbonyl (C=O) groups is 1. The second-order valence-electron chi connectivity index (χ2n) is 3.07. The van der Waals surface area contributed by atoms with Crippen molar-refractivity contribution in [3.63, 3.8) is 0 Å². The van der Waals surface area contributed by atoms with Crippen LogP contribution in [0.3, 0.4) is 0 Å². The van der Waals surface area contributed by atoms with Crippen LogP contribution in [-0.2, 0) is 4.79 Å². The number of carbonyl (C=O) groups excluding carboxylic acids is 1. The van der Waals surface area contributed by atoms with E-state index in [4.69, 9.17) is 17.3 Å². The van der Waals surface area contributed by atoms with Gasteiger partial charge in [0.2, 0.25) is 0 Å². The lowest BCUT2D eigenvalue weighted by Crippen LogP contribution is -2.19. The molecule has 0 heterocycles. The standard InChI is InChI=1S/C10H11ClFNO/c1-6(14)8(5-13)7-2-3-9(11)10(12)4-7/h2-4,8H,5,13H2,1H3/t8-/m0/s1. The summed E-state index contributed by atoms with van der Waals surface area (Å²) >= 11 is 5.52. The van der Waals surface area contributed by atoms with Gasteiger partial charge in [0.15, 0.2) is 0 Å². The third-order valence-electron chi connectivity index (χ3n) is 2.07. The molecule has 4 heteroatoms. The number of hydrogen-bond donors (Lipinski definition) is 1. The Balaban J connectivity index is 3.06. The average molecular weight is 216 g/mol. The minimum absolute atomic E-state index is 0.0491. The lowest BCUT2D eigenvalue weighted by Gasteiger charge is -2.11. The first kappa shape index (κ1) is 11.1. The molecular formula is C10H11ClFNO. The number of halogens is 2. The maximum atomic E-state index is 13.1.